The second kappa shape index (κ2) is 6.06. The lowest BCUT2D eigenvalue weighted by Gasteiger charge is -2.35. The van der Waals surface area contributed by atoms with Gasteiger partial charge in [-0.15, -0.1) is 0 Å². The molecule has 0 saturated carbocycles. The summed E-state index contributed by atoms with van der Waals surface area (Å²) in [6.45, 7) is 0.337. The third-order valence-electron chi connectivity index (χ3n) is 3.04. The first-order chi connectivity index (χ1) is 9.09. The van der Waals surface area contributed by atoms with Gasteiger partial charge in [0, 0.05) is 23.4 Å². The predicted octanol–water partition coefficient (Wildman–Crippen LogP) is 3.03. The Morgan fingerprint density at radius 2 is 2.21 bits per heavy atom. The maximum absolute atomic E-state index is 11.9. The number of para-hydroxylation sites is 1. The predicted molar refractivity (Wildman–Crippen MR) is 73.2 cm³/mol. The van der Waals surface area contributed by atoms with Crippen LogP contribution in [0.2, 0.25) is 0 Å². The molecule has 1 unspecified atom stereocenters. The van der Waals surface area contributed by atoms with Gasteiger partial charge in [-0.05, 0) is 34.5 Å². The number of carbonyl (C=O) groups excluding carboxylic acids is 1. The van der Waals surface area contributed by atoms with E-state index in [0.29, 0.717) is 25.1 Å². The van der Waals surface area contributed by atoms with Crippen molar-refractivity contribution in [1.82, 2.24) is 0 Å². The van der Waals surface area contributed by atoms with Gasteiger partial charge in [-0.2, -0.15) is 0 Å². The highest BCUT2D eigenvalue weighted by Gasteiger charge is 2.32. The van der Waals surface area contributed by atoms with Gasteiger partial charge in [-0.3, -0.25) is 9.69 Å². The van der Waals surface area contributed by atoms with Crippen molar-refractivity contribution < 1.29 is 19.4 Å². The highest BCUT2D eigenvalue weighted by atomic mass is 79.9. The number of cyclic esters (lactones) is 1. The molecule has 1 N–H and O–H groups in total. The summed E-state index contributed by atoms with van der Waals surface area (Å²) in [7, 11) is 0. The van der Waals surface area contributed by atoms with Crippen LogP contribution in [-0.2, 0) is 9.53 Å². The summed E-state index contributed by atoms with van der Waals surface area (Å²) < 4.78 is 5.84. The lowest BCUT2D eigenvalue weighted by atomic mass is 10.0. The molecule has 1 aliphatic rings. The molecule has 0 aliphatic carbocycles. The van der Waals surface area contributed by atoms with Gasteiger partial charge in [0.15, 0.2) is 0 Å². The average molecular weight is 328 g/mol. The molecule has 1 aromatic rings. The quantitative estimate of drug-likeness (QED) is 0.923. The number of nitrogens with zero attached hydrogens (tertiary/aromatic N) is 1. The van der Waals surface area contributed by atoms with Crippen molar-refractivity contribution in [2.24, 2.45) is 0 Å². The molecule has 19 heavy (non-hydrogen) atoms. The van der Waals surface area contributed by atoms with Gasteiger partial charge < -0.3 is 9.84 Å². The smallest absolute Gasteiger partial charge is 0.414 e. The molecular formula is C13H14BrNO4. The maximum atomic E-state index is 11.9. The van der Waals surface area contributed by atoms with Crippen molar-refractivity contribution in [1.29, 1.82) is 0 Å². The van der Waals surface area contributed by atoms with E-state index in [9.17, 15) is 9.59 Å². The molecule has 2 rings (SSSR count). The van der Waals surface area contributed by atoms with Crippen LogP contribution in [0, 0.1) is 0 Å². The van der Waals surface area contributed by atoms with Crippen molar-refractivity contribution in [3.63, 3.8) is 0 Å². The fourth-order valence-corrected chi connectivity index (χ4v) is 2.61. The Bertz CT molecular complexity index is 491. The third-order valence-corrected chi connectivity index (χ3v) is 3.71. The Kier molecular flexibility index (Phi) is 4.42. The minimum absolute atomic E-state index is 0.0406. The van der Waals surface area contributed by atoms with Crippen molar-refractivity contribution in [2.45, 2.75) is 25.3 Å². The summed E-state index contributed by atoms with van der Waals surface area (Å²) in [5.74, 6) is -0.856. The van der Waals surface area contributed by atoms with Crippen LogP contribution in [0.15, 0.2) is 28.7 Å². The van der Waals surface area contributed by atoms with Crippen molar-refractivity contribution in [3.05, 3.63) is 28.7 Å². The Hall–Kier alpha value is -1.56. The molecule has 6 heteroatoms. The van der Waals surface area contributed by atoms with Crippen LogP contribution in [-0.4, -0.2) is 29.8 Å². The first-order valence-corrected chi connectivity index (χ1v) is 6.81. The fraction of sp³-hybridized carbons (Fsp3) is 0.385. The van der Waals surface area contributed by atoms with Crippen molar-refractivity contribution in [3.8, 4) is 0 Å². The van der Waals surface area contributed by atoms with E-state index in [4.69, 9.17) is 9.84 Å². The number of ether oxygens (including phenoxy) is 1. The summed E-state index contributed by atoms with van der Waals surface area (Å²) in [5, 5.41) is 8.78. The number of anilines is 1. The summed E-state index contributed by atoms with van der Waals surface area (Å²) in [5.41, 5.74) is 0.711. The number of hydrogen-bond acceptors (Lipinski definition) is 3. The number of hydrogen-bond donors (Lipinski definition) is 1. The third kappa shape index (κ3) is 3.26. The monoisotopic (exact) mass is 327 g/mol. The van der Waals surface area contributed by atoms with Gasteiger partial charge in [-0.1, -0.05) is 12.1 Å². The van der Waals surface area contributed by atoms with E-state index in [1.165, 1.54) is 4.90 Å². The maximum Gasteiger partial charge on any atom is 0.414 e. The zero-order valence-electron chi connectivity index (χ0n) is 10.2. The van der Waals surface area contributed by atoms with Gasteiger partial charge in [0.25, 0.3) is 0 Å². The molecule has 0 radical (unpaired) electrons. The van der Waals surface area contributed by atoms with Crippen LogP contribution in [0.5, 0.6) is 0 Å². The Balaban J connectivity index is 2.23. The largest absolute Gasteiger partial charge is 0.481 e. The minimum atomic E-state index is -0.856. The number of rotatable bonds is 4. The number of carbonyl (C=O) groups is 2. The Labute approximate surface area is 119 Å². The van der Waals surface area contributed by atoms with E-state index in [1.807, 2.05) is 24.3 Å². The zero-order chi connectivity index (χ0) is 13.8. The Morgan fingerprint density at radius 1 is 1.47 bits per heavy atom. The van der Waals surface area contributed by atoms with Gasteiger partial charge in [0.2, 0.25) is 0 Å². The number of aliphatic carboxylic acids is 1. The van der Waals surface area contributed by atoms with E-state index >= 15 is 0 Å². The Morgan fingerprint density at radius 3 is 2.89 bits per heavy atom. The molecule has 5 nitrogen and oxygen atoms in total. The summed E-state index contributed by atoms with van der Waals surface area (Å²) in [6.07, 6.45) is 0.680. The van der Waals surface area contributed by atoms with Gasteiger partial charge in [0.1, 0.15) is 0 Å². The highest BCUT2D eigenvalue weighted by molar-refractivity contribution is 9.10. The van der Waals surface area contributed by atoms with Crippen LogP contribution >= 0.6 is 15.9 Å². The molecule has 0 aromatic heterocycles. The SMILES string of the molecule is O=C(O)CCC1CCOC(=O)N1c1ccccc1Br. The molecule has 1 amide bonds. The molecule has 0 spiro atoms. The lowest BCUT2D eigenvalue weighted by Crippen LogP contribution is -2.46. The molecule has 1 fully saturated rings. The first kappa shape index (κ1) is 13.9. The van der Waals surface area contributed by atoms with E-state index in [0.717, 1.165) is 4.47 Å². The first-order valence-electron chi connectivity index (χ1n) is 6.02. The summed E-state index contributed by atoms with van der Waals surface area (Å²) in [6, 6.07) is 7.19. The van der Waals surface area contributed by atoms with E-state index in [-0.39, 0.29) is 12.5 Å². The zero-order valence-corrected chi connectivity index (χ0v) is 11.8. The minimum Gasteiger partial charge on any atom is -0.481 e. The van der Waals surface area contributed by atoms with E-state index < -0.39 is 12.1 Å². The molecule has 1 heterocycles. The molecule has 102 valence electrons. The van der Waals surface area contributed by atoms with Crippen LogP contribution in [0.4, 0.5) is 10.5 Å². The van der Waals surface area contributed by atoms with Crippen LogP contribution in [0.3, 0.4) is 0 Å². The van der Waals surface area contributed by atoms with E-state index in [1.54, 1.807) is 0 Å². The van der Waals surface area contributed by atoms with Crippen LogP contribution in [0.25, 0.3) is 0 Å². The lowest BCUT2D eigenvalue weighted by molar-refractivity contribution is -0.137. The van der Waals surface area contributed by atoms with Gasteiger partial charge in [-0.25, -0.2) is 4.79 Å². The molecule has 1 aliphatic heterocycles. The van der Waals surface area contributed by atoms with Crippen LogP contribution in [0.1, 0.15) is 19.3 Å². The second-order valence-electron chi connectivity index (χ2n) is 4.31. The highest BCUT2D eigenvalue weighted by Crippen LogP contribution is 2.31. The molecule has 1 atom stereocenters. The summed E-state index contributed by atoms with van der Waals surface area (Å²) >= 11 is 3.40. The number of carboxylic acids is 1. The number of amides is 1. The van der Waals surface area contributed by atoms with E-state index in [2.05, 4.69) is 15.9 Å². The number of halogens is 1. The molecular weight excluding hydrogens is 314 g/mol. The molecule has 0 bridgehead atoms. The van der Waals surface area contributed by atoms with Crippen molar-refractivity contribution >= 4 is 33.7 Å². The average Bonchev–Trinajstić information content (AvgIpc) is 2.37. The number of benzene rings is 1. The van der Waals surface area contributed by atoms with Gasteiger partial charge >= 0.3 is 12.1 Å². The van der Waals surface area contributed by atoms with Gasteiger partial charge in [0.05, 0.1) is 12.3 Å². The standard InChI is InChI=1S/C13H14BrNO4/c14-10-3-1-2-4-11(10)15-9(5-6-12(16)17)7-8-19-13(15)18/h1-4,9H,5-8H2,(H,16,17). The number of carboxylic acid groups (broad SMARTS) is 1. The second-order valence-corrected chi connectivity index (χ2v) is 5.17. The normalized spacial score (nSPS) is 19.1. The topological polar surface area (TPSA) is 66.8 Å². The fourth-order valence-electron chi connectivity index (χ4n) is 2.14. The molecule has 1 saturated heterocycles. The van der Waals surface area contributed by atoms with Crippen LogP contribution < -0.4 is 4.90 Å². The summed E-state index contributed by atoms with van der Waals surface area (Å²) in [4.78, 5) is 24.2. The van der Waals surface area contributed by atoms with Crippen molar-refractivity contribution in [2.75, 3.05) is 11.5 Å². The molecule has 1 aromatic carbocycles.